The number of rotatable bonds is 5. The van der Waals surface area contributed by atoms with Gasteiger partial charge in [-0.2, -0.15) is 0 Å². The first-order valence-electron chi connectivity index (χ1n) is 6.10. The lowest BCUT2D eigenvalue weighted by Gasteiger charge is -2.17. The fraction of sp³-hybridized carbons (Fsp3) is 0.769. The second-order valence-corrected chi connectivity index (χ2v) is 4.69. The zero-order valence-corrected chi connectivity index (χ0v) is 9.82. The number of carbonyl (C=O) groups excluding carboxylic acids is 1. The molecule has 0 amide bonds. The van der Waals surface area contributed by atoms with Crippen molar-refractivity contribution in [3.63, 3.8) is 0 Å². The molecule has 1 saturated carbocycles. The molecule has 2 unspecified atom stereocenters. The quantitative estimate of drug-likeness (QED) is 0.515. The van der Waals surface area contributed by atoms with Crippen molar-refractivity contribution in [3.05, 3.63) is 0 Å². The summed E-state index contributed by atoms with van der Waals surface area (Å²) in [6.45, 7) is 5.58. The van der Waals surface area contributed by atoms with E-state index in [1.165, 1.54) is 0 Å². The SMILES string of the molecule is C#CC1C2CN(CCCC(=O)OCC)CC12. The second kappa shape index (κ2) is 4.88. The van der Waals surface area contributed by atoms with Gasteiger partial charge in [-0.15, -0.1) is 12.3 Å². The number of nitrogens with zero attached hydrogens (tertiary/aromatic N) is 1. The van der Waals surface area contributed by atoms with Gasteiger partial charge in [0.05, 0.1) is 6.61 Å². The van der Waals surface area contributed by atoms with E-state index in [0.29, 0.717) is 18.9 Å². The van der Waals surface area contributed by atoms with E-state index in [9.17, 15) is 4.79 Å². The Kier molecular flexibility index (Phi) is 3.50. The smallest absolute Gasteiger partial charge is 0.305 e. The van der Waals surface area contributed by atoms with Gasteiger partial charge >= 0.3 is 5.97 Å². The highest BCUT2D eigenvalue weighted by Crippen LogP contribution is 2.51. The Bertz CT molecular complexity index is 296. The van der Waals surface area contributed by atoms with Gasteiger partial charge < -0.3 is 9.64 Å². The lowest BCUT2D eigenvalue weighted by molar-refractivity contribution is -0.143. The average molecular weight is 221 g/mol. The summed E-state index contributed by atoms with van der Waals surface area (Å²) >= 11 is 0. The first-order chi connectivity index (χ1) is 7.76. The molecule has 88 valence electrons. The third-order valence-corrected chi connectivity index (χ3v) is 3.62. The van der Waals surface area contributed by atoms with Crippen LogP contribution in [0.3, 0.4) is 0 Å². The van der Waals surface area contributed by atoms with Crippen molar-refractivity contribution in [2.45, 2.75) is 19.8 Å². The number of piperidine rings is 1. The molecule has 3 heteroatoms. The second-order valence-electron chi connectivity index (χ2n) is 4.69. The van der Waals surface area contributed by atoms with Gasteiger partial charge in [-0.25, -0.2) is 0 Å². The highest BCUT2D eigenvalue weighted by Gasteiger charge is 2.54. The number of likely N-dealkylation sites (tertiary alicyclic amines) is 1. The van der Waals surface area contributed by atoms with Crippen LogP contribution in [0.25, 0.3) is 0 Å². The van der Waals surface area contributed by atoms with Crippen LogP contribution in [0.1, 0.15) is 19.8 Å². The summed E-state index contributed by atoms with van der Waals surface area (Å²) in [5, 5.41) is 0. The number of hydrogen-bond acceptors (Lipinski definition) is 3. The molecule has 2 fully saturated rings. The molecule has 1 aliphatic heterocycles. The van der Waals surface area contributed by atoms with Crippen molar-refractivity contribution in [1.82, 2.24) is 4.90 Å². The molecule has 2 aliphatic rings. The third-order valence-electron chi connectivity index (χ3n) is 3.62. The molecule has 0 radical (unpaired) electrons. The maximum atomic E-state index is 11.1. The van der Waals surface area contributed by atoms with Crippen LogP contribution in [-0.2, 0) is 9.53 Å². The van der Waals surface area contributed by atoms with Crippen LogP contribution in [0, 0.1) is 30.1 Å². The van der Waals surface area contributed by atoms with Crippen molar-refractivity contribution in [2.24, 2.45) is 17.8 Å². The van der Waals surface area contributed by atoms with Gasteiger partial charge in [-0.3, -0.25) is 4.79 Å². The zero-order chi connectivity index (χ0) is 11.5. The summed E-state index contributed by atoms with van der Waals surface area (Å²) < 4.78 is 4.89. The highest BCUT2D eigenvalue weighted by molar-refractivity contribution is 5.69. The Labute approximate surface area is 97.1 Å². The van der Waals surface area contributed by atoms with Crippen LogP contribution in [0.15, 0.2) is 0 Å². The van der Waals surface area contributed by atoms with E-state index >= 15 is 0 Å². The first-order valence-corrected chi connectivity index (χ1v) is 6.10. The van der Waals surface area contributed by atoms with Crippen molar-refractivity contribution in [1.29, 1.82) is 0 Å². The zero-order valence-electron chi connectivity index (χ0n) is 9.82. The van der Waals surface area contributed by atoms with Gasteiger partial charge in [0.1, 0.15) is 0 Å². The van der Waals surface area contributed by atoms with E-state index in [0.717, 1.165) is 37.9 Å². The molecule has 1 saturated heterocycles. The van der Waals surface area contributed by atoms with Gasteiger partial charge in [0, 0.05) is 25.4 Å². The van der Waals surface area contributed by atoms with E-state index in [1.807, 2.05) is 6.92 Å². The van der Waals surface area contributed by atoms with Crippen molar-refractivity contribution >= 4 is 5.97 Å². The minimum atomic E-state index is -0.0756. The van der Waals surface area contributed by atoms with Crippen LogP contribution in [-0.4, -0.2) is 37.1 Å². The molecular weight excluding hydrogens is 202 g/mol. The highest BCUT2D eigenvalue weighted by atomic mass is 16.5. The standard InChI is InChI=1S/C13H19NO2/c1-3-10-11-8-14(9-12(10)11)7-5-6-13(15)16-4-2/h1,10-12H,4-9H2,2H3. The van der Waals surface area contributed by atoms with Crippen molar-refractivity contribution < 1.29 is 9.53 Å². The van der Waals surface area contributed by atoms with E-state index in [4.69, 9.17) is 11.2 Å². The van der Waals surface area contributed by atoms with E-state index < -0.39 is 0 Å². The molecule has 16 heavy (non-hydrogen) atoms. The fourth-order valence-electron chi connectivity index (χ4n) is 2.72. The third kappa shape index (κ3) is 2.38. The summed E-state index contributed by atoms with van der Waals surface area (Å²) in [4.78, 5) is 13.5. The Morgan fingerprint density at radius 1 is 1.50 bits per heavy atom. The van der Waals surface area contributed by atoms with Crippen LogP contribution in [0.2, 0.25) is 0 Å². The minimum Gasteiger partial charge on any atom is -0.466 e. The number of fused-ring (bicyclic) bond motifs is 1. The van der Waals surface area contributed by atoms with Crippen molar-refractivity contribution in [2.75, 3.05) is 26.2 Å². The Balaban J connectivity index is 1.57. The maximum absolute atomic E-state index is 11.1. The number of hydrogen-bond donors (Lipinski definition) is 0. The lowest BCUT2D eigenvalue weighted by atomic mass is 10.2. The normalized spacial score (nSPS) is 31.9. The van der Waals surface area contributed by atoms with Crippen LogP contribution in [0.5, 0.6) is 0 Å². The fourth-order valence-corrected chi connectivity index (χ4v) is 2.72. The summed E-state index contributed by atoms with van der Waals surface area (Å²) in [5.41, 5.74) is 0. The van der Waals surface area contributed by atoms with Crippen LogP contribution in [0.4, 0.5) is 0 Å². The summed E-state index contributed by atoms with van der Waals surface area (Å²) in [7, 11) is 0. The predicted molar refractivity (Wildman–Crippen MR) is 61.6 cm³/mol. The summed E-state index contributed by atoms with van der Waals surface area (Å²) in [5.74, 6) is 4.81. The molecule has 0 N–H and O–H groups in total. The topological polar surface area (TPSA) is 29.5 Å². The van der Waals surface area contributed by atoms with Gasteiger partial charge in [-0.05, 0) is 31.7 Å². The van der Waals surface area contributed by atoms with Crippen molar-refractivity contribution in [3.8, 4) is 12.3 Å². The van der Waals surface area contributed by atoms with E-state index in [1.54, 1.807) is 0 Å². The van der Waals surface area contributed by atoms with E-state index in [-0.39, 0.29) is 5.97 Å². The molecule has 2 rings (SSSR count). The van der Waals surface area contributed by atoms with E-state index in [2.05, 4.69) is 10.8 Å². The first kappa shape index (κ1) is 11.5. The predicted octanol–water partition coefficient (Wildman–Crippen LogP) is 1.14. The molecule has 1 heterocycles. The summed E-state index contributed by atoms with van der Waals surface area (Å²) in [6.07, 6.45) is 6.85. The average Bonchev–Trinajstić information content (AvgIpc) is 2.73. The van der Waals surface area contributed by atoms with Gasteiger partial charge in [0.2, 0.25) is 0 Å². The molecule has 2 atom stereocenters. The Morgan fingerprint density at radius 3 is 2.75 bits per heavy atom. The molecule has 0 aromatic carbocycles. The largest absolute Gasteiger partial charge is 0.466 e. The maximum Gasteiger partial charge on any atom is 0.305 e. The molecule has 1 aliphatic carbocycles. The lowest BCUT2D eigenvalue weighted by Crippen LogP contribution is -2.26. The van der Waals surface area contributed by atoms with Gasteiger partial charge in [0.25, 0.3) is 0 Å². The molecule has 0 aromatic heterocycles. The summed E-state index contributed by atoms with van der Waals surface area (Å²) in [6, 6.07) is 0. The Morgan fingerprint density at radius 2 is 2.19 bits per heavy atom. The van der Waals surface area contributed by atoms with Gasteiger partial charge in [-0.1, -0.05) is 0 Å². The number of ether oxygens (including phenoxy) is 1. The molecule has 0 spiro atoms. The van der Waals surface area contributed by atoms with Crippen LogP contribution < -0.4 is 0 Å². The number of esters is 1. The van der Waals surface area contributed by atoms with Gasteiger partial charge in [0.15, 0.2) is 0 Å². The minimum absolute atomic E-state index is 0.0756. The Hall–Kier alpha value is -1.01. The molecule has 0 bridgehead atoms. The molecular formula is C13H19NO2. The molecule has 3 nitrogen and oxygen atoms in total. The number of terminal acetylenes is 1. The monoisotopic (exact) mass is 221 g/mol. The number of carbonyl (C=O) groups is 1. The molecule has 0 aromatic rings. The van der Waals surface area contributed by atoms with Crippen LogP contribution >= 0.6 is 0 Å².